The van der Waals surface area contributed by atoms with E-state index in [0.29, 0.717) is 25.8 Å². The predicted molar refractivity (Wildman–Crippen MR) is 240 cm³/mol. The fraction of sp³-hybridized carbons (Fsp3) is 0.854. The molecule has 28 heteroatoms. The zero-order chi connectivity index (χ0) is 58.3. The third-order valence-corrected chi connectivity index (χ3v) is 11.3. The molecule has 0 aromatic heterocycles. The van der Waals surface area contributed by atoms with Crippen molar-refractivity contribution in [2.75, 3.05) is 59.3 Å². The number of allylic oxidation sites excluding steroid dienone is 4. The summed E-state index contributed by atoms with van der Waals surface area (Å²) in [6.07, 6.45) is -7.96. The average molecular weight is 1150 g/mol. The van der Waals surface area contributed by atoms with Crippen molar-refractivity contribution in [3.63, 3.8) is 0 Å². The van der Waals surface area contributed by atoms with Crippen molar-refractivity contribution in [2.24, 2.45) is 5.92 Å². The van der Waals surface area contributed by atoms with Gasteiger partial charge in [-0.1, -0.05) is 77.2 Å². The first-order valence-electron chi connectivity index (χ1n) is 25.0. The van der Waals surface area contributed by atoms with Gasteiger partial charge >= 0.3 is 66.0 Å². The minimum absolute atomic E-state index is 0.00591. The minimum Gasteiger partial charge on any atom is -0.465 e. The number of nitrogens with zero attached hydrogens (tertiary/aromatic N) is 1. The lowest BCUT2D eigenvalue weighted by molar-refractivity contribution is -0.397. The highest BCUT2D eigenvalue weighted by Gasteiger charge is 2.82. The molecule has 0 amide bonds. The first kappa shape index (κ1) is 72.3. The number of carbonyl (C=O) groups excluding carboxylic acids is 3. The Morgan fingerprint density at radius 3 is 1.36 bits per heavy atom. The smallest absolute Gasteiger partial charge is 0.465 e. The van der Waals surface area contributed by atoms with Gasteiger partial charge in [0.2, 0.25) is 0 Å². The summed E-state index contributed by atoms with van der Waals surface area (Å²) in [5, 5.41) is 0. The number of hydrogen-bond donors (Lipinski definition) is 0. The minimum atomic E-state index is -7.23. The molecule has 0 radical (unpaired) electrons. The van der Waals surface area contributed by atoms with Gasteiger partial charge in [-0.05, 0) is 70.9 Å². The maximum Gasteiger partial charge on any atom is 0.508 e. The summed E-state index contributed by atoms with van der Waals surface area (Å²) in [5.41, 5.74) is 0. The van der Waals surface area contributed by atoms with E-state index in [-0.39, 0.29) is 13.0 Å². The first-order valence-corrected chi connectivity index (χ1v) is 25.0. The van der Waals surface area contributed by atoms with Gasteiger partial charge in [0.15, 0.2) is 6.29 Å². The largest absolute Gasteiger partial charge is 0.508 e. The lowest BCUT2D eigenvalue weighted by Gasteiger charge is -2.34. The van der Waals surface area contributed by atoms with Crippen LogP contribution in [0, 0.1) is 5.92 Å². The van der Waals surface area contributed by atoms with Gasteiger partial charge in [0.1, 0.15) is 19.8 Å². The second kappa shape index (κ2) is 35.0. The van der Waals surface area contributed by atoms with E-state index in [2.05, 4.69) is 36.1 Å². The van der Waals surface area contributed by atoms with Crippen LogP contribution in [0.4, 0.5) is 83.8 Å². The molecule has 0 aliphatic heterocycles. The highest BCUT2D eigenvalue weighted by atomic mass is 19.4. The molecule has 1 unspecified atom stereocenters. The van der Waals surface area contributed by atoms with Crippen molar-refractivity contribution in [3.05, 3.63) is 24.3 Å². The molecule has 0 spiro atoms. The molecule has 76 heavy (non-hydrogen) atoms. The zero-order valence-corrected chi connectivity index (χ0v) is 42.7. The molecular weight excluding hydrogens is 1080 g/mol. The van der Waals surface area contributed by atoms with Crippen molar-refractivity contribution in [3.8, 4) is 0 Å². The fourth-order valence-corrected chi connectivity index (χ4v) is 6.60. The maximum absolute atomic E-state index is 14.1. The number of halogens is 18. The normalized spacial score (nSPS) is 14.1. The molecule has 1 atom stereocenters. The Kier molecular flexibility index (Phi) is 33.3. The standard InChI is InChI=1S/C48H71F18NO9/c1-4-7-8-9-10-11-12-13-14-15-16-17-18-19-20-24-37(68)74-33-36(35-76-40(70)73-32-23-29-67(5-2)6-3)34-75-38(69)25-26-39(71-30-21-27-41(49,50)43(53,54)45(57,58)47(61,62)63)72-31-22-28-42(51,52)44(55,56)46(59,60)48(64,65)66/h10-11,13-14,36,39H,4-9,12,15-35H2,1-3H3/b11-10-,14-13-. The lowest BCUT2D eigenvalue weighted by Crippen LogP contribution is -2.60. The summed E-state index contributed by atoms with van der Waals surface area (Å²) in [6.45, 7) is 3.64. The van der Waals surface area contributed by atoms with Gasteiger partial charge in [-0.2, -0.15) is 79.0 Å². The van der Waals surface area contributed by atoms with E-state index in [0.717, 1.165) is 58.0 Å². The van der Waals surface area contributed by atoms with E-state index in [1.165, 1.54) is 12.8 Å². The third-order valence-electron chi connectivity index (χ3n) is 11.3. The number of alkyl halides is 18. The molecule has 0 aromatic carbocycles. The molecule has 0 saturated heterocycles. The average Bonchev–Trinajstić information content (AvgIpc) is 3.33. The van der Waals surface area contributed by atoms with E-state index >= 15 is 0 Å². The number of ether oxygens (including phenoxy) is 6. The topological polar surface area (TPSA) is 110 Å². The maximum atomic E-state index is 14.1. The summed E-state index contributed by atoms with van der Waals surface area (Å²) in [6, 6.07) is 0. The Balaban J connectivity index is 5.74. The molecular formula is C48H71F18NO9. The molecule has 0 saturated carbocycles. The van der Waals surface area contributed by atoms with Crippen LogP contribution in [0.1, 0.15) is 143 Å². The van der Waals surface area contributed by atoms with Gasteiger partial charge in [-0.15, -0.1) is 0 Å². The molecule has 0 N–H and O–H groups in total. The molecule has 0 fully saturated rings. The van der Waals surface area contributed by atoms with Gasteiger partial charge in [0.25, 0.3) is 0 Å². The van der Waals surface area contributed by atoms with Crippen LogP contribution in [-0.2, 0) is 38.0 Å². The van der Waals surface area contributed by atoms with Crippen LogP contribution in [0.5, 0.6) is 0 Å². The lowest BCUT2D eigenvalue weighted by atomic mass is 10.00. The summed E-state index contributed by atoms with van der Waals surface area (Å²) in [5.74, 6) is -43.6. The monoisotopic (exact) mass is 1150 g/mol. The fourth-order valence-electron chi connectivity index (χ4n) is 6.60. The Bertz CT molecular complexity index is 1620. The first-order chi connectivity index (χ1) is 35.2. The van der Waals surface area contributed by atoms with E-state index in [1.54, 1.807) is 0 Å². The Morgan fingerprint density at radius 2 is 0.895 bits per heavy atom. The number of unbranched alkanes of at least 4 members (excludes halogenated alkanes) is 8. The van der Waals surface area contributed by atoms with Crippen LogP contribution in [0.25, 0.3) is 0 Å². The second-order valence-electron chi connectivity index (χ2n) is 17.6. The number of esters is 2. The zero-order valence-electron chi connectivity index (χ0n) is 42.7. The van der Waals surface area contributed by atoms with Crippen LogP contribution in [0.15, 0.2) is 24.3 Å². The Hall–Kier alpha value is -3.69. The van der Waals surface area contributed by atoms with Gasteiger partial charge in [0.05, 0.1) is 18.9 Å². The van der Waals surface area contributed by atoms with Gasteiger partial charge in [-0.3, -0.25) is 9.59 Å². The van der Waals surface area contributed by atoms with Gasteiger partial charge < -0.3 is 33.3 Å². The molecule has 0 rings (SSSR count). The predicted octanol–water partition coefficient (Wildman–Crippen LogP) is 15.0. The summed E-state index contributed by atoms with van der Waals surface area (Å²) >= 11 is 0. The number of carbonyl (C=O) groups is 3. The number of hydrogen-bond acceptors (Lipinski definition) is 10. The van der Waals surface area contributed by atoms with Crippen molar-refractivity contribution in [2.45, 2.75) is 197 Å². The number of rotatable bonds is 43. The van der Waals surface area contributed by atoms with Crippen LogP contribution >= 0.6 is 0 Å². The van der Waals surface area contributed by atoms with Gasteiger partial charge in [0, 0.05) is 45.4 Å². The summed E-state index contributed by atoms with van der Waals surface area (Å²) in [4.78, 5) is 39.7. The van der Waals surface area contributed by atoms with Gasteiger partial charge in [-0.25, -0.2) is 4.79 Å². The highest BCUT2D eigenvalue weighted by Crippen LogP contribution is 2.55. The van der Waals surface area contributed by atoms with Crippen LogP contribution < -0.4 is 0 Å². The molecule has 0 bridgehead atoms. The molecule has 10 nitrogen and oxygen atoms in total. The van der Waals surface area contributed by atoms with Crippen molar-refractivity contribution >= 4 is 18.1 Å². The molecule has 0 aliphatic rings. The van der Waals surface area contributed by atoms with E-state index in [4.69, 9.17) is 28.4 Å². The molecule has 0 heterocycles. The summed E-state index contributed by atoms with van der Waals surface area (Å²) < 4.78 is 270. The van der Waals surface area contributed by atoms with E-state index in [1.807, 2.05) is 13.8 Å². The third kappa shape index (κ3) is 25.8. The SMILES string of the molecule is CCCCC/C=C\C/C=C\CCCCCCCC(=O)OCC(COC(=O)CCC(OCCCC(F)(F)C(F)(F)C(F)(F)C(F)(F)F)OCCCC(F)(F)C(F)(F)C(F)(F)C(F)(F)F)COC(=O)OCCCN(CC)CC. The molecule has 0 aliphatic carbocycles. The van der Waals surface area contributed by atoms with Crippen molar-refractivity contribution in [1.82, 2.24) is 4.90 Å². The van der Waals surface area contributed by atoms with Crippen LogP contribution in [0.2, 0.25) is 0 Å². The highest BCUT2D eigenvalue weighted by molar-refractivity contribution is 5.69. The van der Waals surface area contributed by atoms with Crippen LogP contribution in [0.3, 0.4) is 0 Å². The van der Waals surface area contributed by atoms with Crippen LogP contribution in [-0.4, -0.2) is 136 Å². The van der Waals surface area contributed by atoms with Crippen molar-refractivity contribution in [1.29, 1.82) is 0 Å². The second-order valence-corrected chi connectivity index (χ2v) is 17.6. The summed E-state index contributed by atoms with van der Waals surface area (Å²) in [7, 11) is 0. The Labute approximate surface area is 430 Å². The quantitative estimate of drug-likeness (QED) is 0.0146. The molecule has 448 valence electrons. The Morgan fingerprint density at radius 1 is 0.461 bits per heavy atom. The van der Waals surface area contributed by atoms with Crippen molar-refractivity contribution < 1.29 is 122 Å². The molecule has 0 aromatic rings. The van der Waals surface area contributed by atoms with E-state index in [9.17, 15) is 93.4 Å². The van der Waals surface area contributed by atoms with E-state index < -0.39 is 150 Å².